The molecule has 142 valence electrons. The van der Waals surface area contributed by atoms with Crippen LogP contribution in [-0.2, 0) is 25.2 Å². The summed E-state index contributed by atoms with van der Waals surface area (Å²) in [5.74, 6) is -1.28. The third-order valence-electron chi connectivity index (χ3n) is 3.19. The first-order valence-corrected chi connectivity index (χ1v) is 8.53. The predicted molar refractivity (Wildman–Crippen MR) is 111 cm³/mol. The van der Waals surface area contributed by atoms with Crippen LogP contribution in [0.5, 0.6) is 0 Å². The number of rotatable bonds is 5. The smallest absolute Gasteiger partial charge is 0.192 e. The van der Waals surface area contributed by atoms with E-state index in [-0.39, 0.29) is 20.4 Å². The fraction of sp³-hybridized carbons (Fsp3) is 0.286. The van der Waals surface area contributed by atoms with Gasteiger partial charge in [-0.1, -0.05) is 101 Å². The molecule has 3 nitrogen and oxygen atoms in total. The van der Waals surface area contributed by atoms with Gasteiger partial charge in [-0.3, -0.25) is 0 Å². The Morgan fingerprint density at radius 2 is 1.73 bits per heavy atom. The van der Waals surface area contributed by atoms with E-state index in [0.29, 0.717) is 0 Å². The van der Waals surface area contributed by atoms with Gasteiger partial charge in [0.1, 0.15) is 0 Å². The molecule has 0 saturated carbocycles. The maximum atomic E-state index is 12.1. The van der Waals surface area contributed by atoms with Crippen LogP contribution in [0.1, 0.15) is 34.6 Å². The summed E-state index contributed by atoms with van der Waals surface area (Å²) in [5, 5.41) is 8.92. The molecule has 5 heteroatoms. The summed E-state index contributed by atoms with van der Waals surface area (Å²) in [6.45, 7) is 20.9. The van der Waals surface area contributed by atoms with Crippen LogP contribution in [0.15, 0.2) is 84.4 Å². The number of allylic oxidation sites excluding steroid dienone is 9. The maximum absolute atomic E-state index is 12.1. The molecule has 1 rings (SSSR count). The van der Waals surface area contributed by atoms with Gasteiger partial charge in [0.25, 0.3) is 0 Å². The molecule has 1 unspecified atom stereocenters. The number of amides is 1. The summed E-state index contributed by atoms with van der Waals surface area (Å²) in [5.41, 5.74) is 6.00. The van der Waals surface area contributed by atoms with Crippen molar-refractivity contribution in [3.8, 4) is 0 Å². The Hall–Kier alpha value is -1.66. The van der Waals surface area contributed by atoms with E-state index < -0.39 is 11.8 Å². The van der Waals surface area contributed by atoms with Gasteiger partial charge in [0.15, 0.2) is 7.28 Å². The van der Waals surface area contributed by atoms with Gasteiger partial charge < -0.3 is 15.5 Å². The van der Waals surface area contributed by atoms with E-state index in [1.165, 1.54) is 0 Å². The molecular formula is C21H30BNO2Re-. The van der Waals surface area contributed by atoms with Crippen LogP contribution in [0.2, 0.25) is 0 Å². The van der Waals surface area contributed by atoms with E-state index in [0.717, 1.165) is 22.1 Å². The van der Waals surface area contributed by atoms with E-state index in [4.69, 9.17) is 5.21 Å². The SMILES string of the molecule is C=C/C=C\C1=C(C=C)[B]C(=C/C=C)/C(=C\C)C1C(=O)[N-]O.CC.CC.[Re]. The zero-order chi connectivity index (χ0) is 19.8. The van der Waals surface area contributed by atoms with Gasteiger partial charge in [0, 0.05) is 20.4 Å². The summed E-state index contributed by atoms with van der Waals surface area (Å²) in [4.78, 5) is 12.1. The van der Waals surface area contributed by atoms with E-state index >= 15 is 0 Å². The molecule has 0 aromatic heterocycles. The number of hydrogen-bond donors (Lipinski definition) is 1. The first-order valence-electron chi connectivity index (χ1n) is 8.53. The van der Waals surface area contributed by atoms with E-state index in [9.17, 15) is 4.79 Å². The molecule has 0 fully saturated rings. The second-order valence-corrected chi connectivity index (χ2v) is 4.33. The van der Waals surface area contributed by atoms with E-state index in [1.54, 1.807) is 30.4 Å². The molecule has 0 bridgehead atoms. The minimum atomic E-state index is -0.666. The first kappa shape index (κ1) is 29.1. The monoisotopic (exact) mass is 526 g/mol. The molecule has 26 heavy (non-hydrogen) atoms. The average Bonchev–Trinajstić information content (AvgIpc) is 2.68. The molecule has 0 aromatic rings. The Morgan fingerprint density at radius 3 is 2.12 bits per heavy atom. The Labute approximate surface area is 173 Å². The van der Waals surface area contributed by atoms with Gasteiger partial charge in [-0.15, -0.1) is 0 Å². The van der Waals surface area contributed by atoms with Crippen molar-refractivity contribution in [3.63, 3.8) is 0 Å². The molecule has 1 atom stereocenters. The van der Waals surface area contributed by atoms with E-state index in [2.05, 4.69) is 25.2 Å². The summed E-state index contributed by atoms with van der Waals surface area (Å²) in [7, 11) is 1.92. The van der Waals surface area contributed by atoms with Gasteiger partial charge in [-0.05, 0) is 18.1 Å². The van der Waals surface area contributed by atoms with Crippen molar-refractivity contribution in [2.24, 2.45) is 5.92 Å². The van der Waals surface area contributed by atoms with Crippen LogP contribution in [0.3, 0.4) is 0 Å². The molecule has 1 heterocycles. The van der Waals surface area contributed by atoms with Crippen molar-refractivity contribution in [1.29, 1.82) is 0 Å². The number of carbonyl (C=O) groups excluding carboxylic acids is 1. The number of hydroxylamine groups is 1. The van der Waals surface area contributed by atoms with Crippen LogP contribution in [0, 0.1) is 5.92 Å². The third-order valence-corrected chi connectivity index (χ3v) is 3.19. The first-order chi connectivity index (χ1) is 12.1. The van der Waals surface area contributed by atoms with Crippen molar-refractivity contribution in [3.05, 3.63) is 89.8 Å². The molecule has 1 aliphatic heterocycles. The van der Waals surface area contributed by atoms with Crippen molar-refractivity contribution >= 4 is 13.2 Å². The normalized spacial score (nSPS) is 18.5. The molecule has 1 amide bonds. The van der Waals surface area contributed by atoms with Gasteiger partial charge in [0.05, 0.1) is 11.8 Å². The van der Waals surface area contributed by atoms with Crippen LogP contribution >= 0.6 is 0 Å². The molecule has 0 aliphatic carbocycles. The quantitative estimate of drug-likeness (QED) is 0.212. The third kappa shape index (κ3) is 8.14. The predicted octanol–water partition coefficient (Wildman–Crippen LogP) is 5.86. The van der Waals surface area contributed by atoms with Crippen LogP contribution in [0.25, 0.3) is 5.48 Å². The van der Waals surface area contributed by atoms with Gasteiger partial charge in [0.2, 0.25) is 0 Å². The fourth-order valence-electron chi connectivity index (χ4n) is 2.30. The second-order valence-electron chi connectivity index (χ2n) is 4.33. The zero-order valence-corrected chi connectivity index (χ0v) is 19.2. The van der Waals surface area contributed by atoms with Gasteiger partial charge in [-0.2, -0.15) is 0 Å². The Kier molecular flexibility index (Phi) is 20.3. The molecule has 0 saturated heterocycles. The summed E-state index contributed by atoms with van der Waals surface area (Å²) in [6, 6.07) is 0. The molecule has 1 aliphatic rings. The number of carbonyl (C=O) groups is 1. The largest absolute Gasteiger partial charge is 0.533 e. The fourth-order valence-corrected chi connectivity index (χ4v) is 2.30. The Bertz CT molecular complexity index is 587. The van der Waals surface area contributed by atoms with Crippen LogP contribution in [0.4, 0.5) is 0 Å². The minimum Gasteiger partial charge on any atom is -0.533 e. The van der Waals surface area contributed by atoms with Crippen molar-refractivity contribution in [1.82, 2.24) is 0 Å². The number of hydrogen-bond acceptors (Lipinski definition) is 2. The van der Waals surface area contributed by atoms with Crippen molar-refractivity contribution in [2.75, 3.05) is 0 Å². The van der Waals surface area contributed by atoms with E-state index in [1.807, 2.05) is 54.1 Å². The molecule has 1 N–H and O–H groups in total. The summed E-state index contributed by atoms with van der Waals surface area (Å²) < 4.78 is 0. The average molecular weight is 525 g/mol. The second kappa shape index (κ2) is 18.1. The zero-order valence-electron chi connectivity index (χ0n) is 16.5. The van der Waals surface area contributed by atoms with Gasteiger partial charge in [-0.25, -0.2) is 0 Å². The summed E-state index contributed by atoms with van der Waals surface area (Å²) in [6.07, 6.45) is 12.1. The topological polar surface area (TPSA) is 51.4 Å². The van der Waals surface area contributed by atoms with Crippen LogP contribution < -0.4 is 0 Å². The Balaban J connectivity index is -0.000000985. The maximum Gasteiger partial charge on any atom is 0.192 e. The minimum absolute atomic E-state index is 0. The van der Waals surface area contributed by atoms with Crippen molar-refractivity contribution in [2.45, 2.75) is 34.6 Å². The molecular weight excluding hydrogens is 495 g/mol. The standard InChI is InChI=1S/C17H19BNO2.2C2H6.Re/c1-5-9-11-13-14(8-4)18-15(10-6-2)12(7-3)16(13)17(20)19-21;2*1-2;/h5-11,16H,1-2,4H2,3H3,(H2,19,20,21);2*1-2H3;/p-1/b11-9-,12-7+,15-10+;;;. The molecule has 0 spiro atoms. The number of nitrogens with zero attached hydrogens (tertiary/aromatic N) is 1. The van der Waals surface area contributed by atoms with Gasteiger partial charge >= 0.3 is 0 Å². The summed E-state index contributed by atoms with van der Waals surface area (Å²) >= 11 is 0. The Morgan fingerprint density at radius 1 is 1.15 bits per heavy atom. The molecule has 0 aromatic carbocycles. The van der Waals surface area contributed by atoms with Crippen LogP contribution in [-0.4, -0.2) is 18.4 Å². The van der Waals surface area contributed by atoms with Crippen molar-refractivity contribution < 1.29 is 30.4 Å². The molecule has 2 radical (unpaired) electrons.